The smallest absolute Gasteiger partial charge is 0.237 e. The van der Waals surface area contributed by atoms with Crippen LogP contribution in [0.2, 0.25) is 0 Å². The van der Waals surface area contributed by atoms with E-state index >= 15 is 0 Å². The molecule has 90 valence electrons. The van der Waals surface area contributed by atoms with Crippen LogP contribution in [0.4, 0.5) is 0 Å². The average molecular weight is 253 g/mol. The minimum atomic E-state index is -0.509. The van der Waals surface area contributed by atoms with Gasteiger partial charge in [0.05, 0.1) is 0 Å². The molecule has 17 heavy (non-hydrogen) atoms. The number of rotatable bonds is 4. The Kier molecular flexibility index (Phi) is 3.58. The maximum absolute atomic E-state index is 11.2. The monoisotopic (exact) mass is 252 g/mol. The molecule has 2 rings (SSSR count). The number of halogens is 1. The first-order valence-corrected chi connectivity index (χ1v) is 5.82. The predicted octanol–water partition coefficient (Wildman–Crippen LogP) is 1.02. The normalized spacial score (nSPS) is 12.6. The summed E-state index contributed by atoms with van der Waals surface area (Å²) in [6, 6.07) is 5.71. The number of nitrogens with zero attached hydrogens (tertiary/aromatic N) is 3. The highest BCUT2D eigenvalue weighted by atomic mass is 35.5. The minimum Gasteiger partial charge on any atom is -0.354 e. The molecule has 0 bridgehead atoms. The lowest BCUT2D eigenvalue weighted by Crippen LogP contribution is -2.31. The molecular weight excluding hydrogens is 240 g/mol. The van der Waals surface area contributed by atoms with Crippen LogP contribution in [0.3, 0.4) is 0 Å². The number of amides is 1. The van der Waals surface area contributed by atoms with Gasteiger partial charge in [-0.25, -0.2) is 0 Å². The molecule has 0 saturated heterocycles. The minimum absolute atomic E-state index is 0.166. The van der Waals surface area contributed by atoms with Crippen LogP contribution in [0.15, 0.2) is 24.4 Å². The van der Waals surface area contributed by atoms with E-state index in [4.69, 9.17) is 11.6 Å². The summed E-state index contributed by atoms with van der Waals surface area (Å²) in [6.07, 6.45) is 2.52. The van der Waals surface area contributed by atoms with Crippen molar-refractivity contribution in [1.82, 2.24) is 19.9 Å². The molecule has 0 aromatic carbocycles. The highest BCUT2D eigenvalue weighted by molar-refractivity contribution is 6.30. The number of hydrogen-bond acceptors (Lipinski definition) is 3. The van der Waals surface area contributed by atoms with Gasteiger partial charge < -0.3 is 5.32 Å². The number of hydrogen-bond donors (Lipinski definition) is 1. The first kappa shape index (κ1) is 11.9. The molecular formula is C11H13ClN4O. The molecule has 2 aromatic rings. The Labute approximate surface area is 104 Å². The van der Waals surface area contributed by atoms with E-state index in [2.05, 4.69) is 15.5 Å². The number of alkyl halides is 1. The molecule has 1 N–H and O–H groups in total. The van der Waals surface area contributed by atoms with Crippen molar-refractivity contribution < 1.29 is 4.79 Å². The number of nitrogens with one attached hydrogen (secondary N) is 1. The van der Waals surface area contributed by atoms with Crippen LogP contribution in [0.5, 0.6) is 0 Å². The number of pyridine rings is 1. The molecule has 0 aliphatic rings. The lowest BCUT2D eigenvalue weighted by molar-refractivity contribution is -0.120. The molecule has 0 radical (unpaired) electrons. The van der Waals surface area contributed by atoms with Crippen molar-refractivity contribution in [3.05, 3.63) is 30.2 Å². The third-order valence-electron chi connectivity index (χ3n) is 2.39. The molecule has 1 unspecified atom stereocenters. The van der Waals surface area contributed by atoms with Crippen LogP contribution in [0.25, 0.3) is 5.65 Å². The summed E-state index contributed by atoms with van der Waals surface area (Å²) in [6.45, 7) is 2.15. The van der Waals surface area contributed by atoms with Crippen LogP contribution < -0.4 is 5.32 Å². The predicted molar refractivity (Wildman–Crippen MR) is 65.0 cm³/mol. The van der Waals surface area contributed by atoms with Crippen LogP contribution in [0, 0.1) is 0 Å². The molecule has 0 fully saturated rings. The quantitative estimate of drug-likeness (QED) is 0.827. The number of carbonyl (C=O) groups is 1. The van der Waals surface area contributed by atoms with E-state index in [0.29, 0.717) is 13.0 Å². The molecule has 2 heterocycles. The summed E-state index contributed by atoms with van der Waals surface area (Å²) in [4.78, 5) is 11.2. The second kappa shape index (κ2) is 5.14. The fraction of sp³-hybridized carbons (Fsp3) is 0.364. The van der Waals surface area contributed by atoms with Gasteiger partial charge in [0.1, 0.15) is 11.2 Å². The maximum Gasteiger partial charge on any atom is 0.237 e. The van der Waals surface area contributed by atoms with Crippen molar-refractivity contribution in [3.63, 3.8) is 0 Å². The van der Waals surface area contributed by atoms with E-state index in [-0.39, 0.29) is 5.91 Å². The van der Waals surface area contributed by atoms with Gasteiger partial charge in [0, 0.05) is 19.2 Å². The summed E-state index contributed by atoms with van der Waals surface area (Å²) < 4.78 is 1.90. The highest BCUT2D eigenvalue weighted by Gasteiger charge is 2.09. The number of fused-ring (bicyclic) bond motifs is 1. The summed E-state index contributed by atoms with van der Waals surface area (Å²) in [5, 5.41) is 10.3. The molecule has 1 atom stereocenters. The first-order valence-electron chi connectivity index (χ1n) is 5.39. The highest BCUT2D eigenvalue weighted by Crippen LogP contribution is 2.03. The molecule has 0 aliphatic heterocycles. The summed E-state index contributed by atoms with van der Waals surface area (Å²) in [5.74, 6) is 0.656. The first-order chi connectivity index (χ1) is 8.18. The molecule has 0 saturated carbocycles. The van der Waals surface area contributed by atoms with Crippen LogP contribution in [-0.4, -0.2) is 32.4 Å². The standard InChI is InChI=1S/C11H13ClN4O/c1-8(12)11(17)13-6-5-10-15-14-9-4-2-3-7-16(9)10/h2-4,7-8H,5-6H2,1H3,(H,13,17). The van der Waals surface area contributed by atoms with Gasteiger partial charge in [-0.1, -0.05) is 6.07 Å². The lowest BCUT2D eigenvalue weighted by Gasteiger charge is -2.05. The third-order valence-corrected chi connectivity index (χ3v) is 2.59. The average Bonchev–Trinajstić information content (AvgIpc) is 2.72. The Hall–Kier alpha value is -1.62. The van der Waals surface area contributed by atoms with E-state index in [9.17, 15) is 4.79 Å². The van der Waals surface area contributed by atoms with Crippen LogP contribution >= 0.6 is 11.6 Å². The molecule has 0 aliphatic carbocycles. The Morgan fingerprint density at radius 2 is 2.35 bits per heavy atom. The number of aromatic nitrogens is 3. The van der Waals surface area contributed by atoms with Gasteiger partial charge >= 0.3 is 0 Å². The molecule has 2 aromatic heterocycles. The van der Waals surface area contributed by atoms with Gasteiger partial charge in [0.15, 0.2) is 5.65 Å². The van der Waals surface area contributed by atoms with E-state index < -0.39 is 5.38 Å². The van der Waals surface area contributed by atoms with E-state index in [1.54, 1.807) is 6.92 Å². The van der Waals surface area contributed by atoms with Crippen molar-refractivity contribution >= 4 is 23.2 Å². The van der Waals surface area contributed by atoms with Gasteiger partial charge in [0.2, 0.25) is 5.91 Å². The van der Waals surface area contributed by atoms with Crippen molar-refractivity contribution in [2.45, 2.75) is 18.7 Å². The summed E-state index contributed by atoms with van der Waals surface area (Å²) in [5.41, 5.74) is 0.805. The van der Waals surface area contributed by atoms with E-state index in [0.717, 1.165) is 11.5 Å². The van der Waals surface area contributed by atoms with E-state index in [1.807, 2.05) is 28.8 Å². The molecule has 1 amide bonds. The Balaban J connectivity index is 1.98. The zero-order valence-corrected chi connectivity index (χ0v) is 10.2. The Morgan fingerprint density at radius 3 is 3.12 bits per heavy atom. The van der Waals surface area contributed by atoms with Crippen molar-refractivity contribution in [1.29, 1.82) is 0 Å². The molecule has 5 nitrogen and oxygen atoms in total. The van der Waals surface area contributed by atoms with Crippen molar-refractivity contribution in [3.8, 4) is 0 Å². The third kappa shape index (κ3) is 2.74. The Morgan fingerprint density at radius 1 is 1.53 bits per heavy atom. The topological polar surface area (TPSA) is 59.3 Å². The zero-order valence-electron chi connectivity index (χ0n) is 9.43. The van der Waals surface area contributed by atoms with Crippen molar-refractivity contribution in [2.24, 2.45) is 0 Å². The SMILES string of the molecule is CC(Cl)C(=O)NCCc1nnc2ccccn12. The second-order valence-electron chi connectivity index (χ2n) is 3.70. The van der Waals surface area contributed by atoms with Gasteiger partial charge in [-0.2, -0.15) is 0 Å². The second-order valence-corrected chi connectivity index (χ2v) is 4.36. The largest absolute Gasteiger partial charge is 0.354 e. The zero-order chi connectivity index (χ0) is 12.3. The van der Waals surface area contributed by atoms with Crippen LogP contribution in [0.1, 0.15) is 12.7 Å². The van der Waals surface area contributed by atoms with Crippen LogP contribution in [-0.2, 0) is 11.2 Å². The van der Waals surface area contributed by atoms with E-state index in [1.165, 1.54) is 0 Å². The van der Waals surface area contributed by atoms with Gasteiger partial charge in [-0.3, -0.25) is 9.20 Å². The summed E-state index contributed by atoms with van der Waals surface area (Å²) >= 11 is 5.64. The molecule has 0 spiro atoms. The fourth-order valence-electron chi connectivity index (χ4n) is 1.50. The maximum atomic E-state index is 11.2. The fourth-order valence-corrected chi connectivity index (χ4v) is 1.58. The van der Waals surface area contributed by atoms with Gasteiger partial charge in [-0.15, -0.1) is 21.8 Å². The van der Waals surface area contributed by atoms with Gasteiger partial charge in [0.25, 0.3) is 0 Å². The molecule has 6 heteroatoms. The number of carbonyl (C=O) groups excluding carboxylic acids is 1. The van der Waals surface area contributed by atoms with Crippen molar-refractivity contribution in [2.75, 3.05) is 6.54 Å². The summed E-state index contributed by atoms with van der Waals surface area (Å²) in [7, 11) is 0. The lowest BCUT2D eigenvalue weighted by atomic mass is 10.3. The Bertz CT molecular complexity index is 523. The van der Waals surface area contributed by atoms with Gasteiger partial charge in [-0.05, 0) is 19.1 Å².